The Labute approximate surface area is 119 Å². The first-order chi connectivity index (χ1) is 8.65. The molecular formula is C12H15IN2O3. The molecule has 0 unspecified atom stereocenters. The maximum atomic E-state index is 11.8. The molecule has 0 spiro atoms. The van der Waals surface area contributed by atoms with Gasteiger partial charge in [0.2, 0.25) is 5.91 Å². The monoisotopic (exact) mass is 362 g/mol. The van der Waals surface area contributed by atoms with Crippen LogP contribution < -0.4 is 10.6 Å². The van der Waals surface area contributed by atoms with Gasteiger partial charge in [-0.05, 0) is 34.7 Å². The van der Waals surface area contributed by atoms with E-state index in [4.69, 9.17) is 0 Å². The molecule has 0 radical (unpaired) electrons. The summed E-state index contributed by atoms with van der Waals surface area (Å²) in [6.07, 6.45) is 0. The van der Waals surface area contributed by atoms with E-state index in [0.29, 0.717) is 18.7 Å². The van der Waals surface area contributed by atoms with Gasteiger partial charge in [-0.15, -0.1) is 0 Å². The van der Waals surface area contributed by atoms with Crippen LogP contribution in [0.15, 0.2) is 24.3 Å². The molecule has 0 aromatic heterocycles. The summed E-state index contributed by atoms with van der Waals surface area (Å²) in [4.78, 5) is 22.8. The van der Waals surface area contributed by atoms with Crippen molar-refractivity contribution < 1.29 is 14.3 Å². The molecule has 2 N–H and O–H groups in total. The van der Waals surface area contributed by atoms with Gasteiger partial charge >= 0.3 is 0 Å². The van der Waals surface area contributed by atoms with Crippen LogP contribution in [-0.4, -0.2) is 38.6 Å². The van der Waals surface area contributed by atoms with Crippen LogP contribution >= 0.6 is 22.6 Å². The minimum atomic E-state index is -0.193. The fraction of sp³-hybridized carbons (Fsp3) is 0.333. The summed E-state index contributed by atoms with van der Waals surface area (Å²) in [6, 6.07) is 7.33. The van der Waals surface area contributed by atoms with Gasteiger partial charge in [0.15, 0.2) is 0 Å². The first kappa shape index (κ1) is 14.9. The van der Waals surface area contributed by atoms with E-state index in [1.165, 1.54) is 7.11 Å². The van der Waals surface area contributed by atoms with Crippen molar-refractivity contribution >= 4 is 34.4 Å². The molecule has 0 fully saturated rings. The van der Waals surface area contributed by atoms with E-state index >= 15 is 0 Å². The van der Waals surface area contributed by atoms with Gasteiger partial charge in [0.05, 0.1) is 5.56 Å². The maximum absolute atomic E-state index is 11.8. The second kappa shape index (κ2) is 8.04. The van der Waals surface area contributed by atoms with E-state index < -0.39 is 0 Å². The average Bonchev–Trinajstić information content (AvgIpc) is 2.35. The van der Waals surface area contributed by atoms with Crippen molar-refractivity contribution in [1.82, 2.24) is 10.6 Å². The SMILES string of the molecule is COCC(=O)NCCNC(=O)c1ccccc1I. The highest BCUT2D eigenvalue weighted by molar-refractivity contribution is 14.1. The number of carbonyl (C=O) groups excluding carboxylic acids is 2. The van der Waals surface area contributed by atoms with Crippen LogP contribution in [0, 0.1) is 3.57 Å². The van der Waals surface area contributed by atoms with Crippen molar-refractivity contribution in [3.63, 3.8) is 0 Å². The number of rotatable bonds is 6. The van der Waals surface area contributed by atoms with E-state index in [1.54, 1.807) is 6.07 Å². The van der Waals surface area contributed by atoms with Crippen LogP contribution in [0.4, 0.5) is 0 Å². The Bertz CT molecular complexity index is 424. The standard InChI is InChI=1S/C12H15IN2O3/c1-18-8-11(16)14-6-7-15-12(17)9-4-2-3-5-10(9)13/h2-5H,6-8H2,1H3,(H,14,16)(H,15,17). The van der Waals surface area contributed by atoms with Crippen LogP contribution in [0.25, 0.3) is 0 Å². The van der Waals surface area contributed by atoms with Gasteiger partial charge in [-0.25, -0.2) is 0 Å². The first-order valence-electron chi connectivity index (χ1n) is 5.43. The fourth-order valence-electron chi connectivity index (χ4n) is 1.30. The molecule has 0 bridgehead atoms. The fourth-order valence-corrected chi connectivity index (χ4v) is 1.93. The molecule has 18 heavy (non-hydrogen) atoms. The molecule has 0 heterocycles. The van der Waals surface area contributed by atoms with E-state index in [9.17, 15) is 9.59 Å². The quantitative estimate of drug-likeness (QED) is 0.581. The Morgan fingerprint density at radius 3 is 2.56 bits per heavy atom. The summed E-state index contributed by atoms with van der Waals surface area (Å²) in [6.45, 7) is 0.807. The Morgan fingerprint density at radius 1 is 1.22 bits per heavy atom. The van der Waals surface area contributed by atoms with Crippen LogP contribution in [0.3, 0.4) is 0 Å². The number of benzene rings is 1. The van der Waals surface area contributed by atoms with Gasteiger partial charge in [0, 0.05) is 23.8 Å². The summed E-state index contributed by atoms with van der Waals surface area (Å²) in [5.41, 5.74) is 0.640. The number of nitrogens with one attached hydrogen (secondary N) is 2. The lowest BCUT2D eigenvalue weighted by Crippen LogP contribution is -2.36. The van der Waals surface area contributed by atoms with Gasteiger partial charge in [0.1, 0.15) is 6.61 Å². The maximum Gasteiger partial charge on any atom is 0.252 e. The van der Waals surface area contributed by atoms with Gasteiger partial charge in [-0.2, -0.15) is 0 Å². The molecule has 0 aliphatic rings. The zero-order chi connectivity index (χ0) is 13.4. The number of methoxy groups -OCH3 is 1. The lowest BCUT2D eigenvalue weighted by Gasteiger charge is -2.07. The van der Waals surface area contributed by atoms with Crippen LogP contribution in [0.5, 0.6) is 0 Å². The van der Waals surface area contributed by atoms with Crippen molar-refractivity contribution in [3.8, 4) is 0 Å². The van der Waals surface area contributed by atoms with E-state index in [-0.39, 0.29) is 18.4 Å². The molecule has 0 atom stereocenters. The van der Waals surface area contributed by atoms with E-state index in [0.717, 1.165) is 3.57 Å². The topological polar surface area (TPSA) is 67.4 Å². The Balaban J connectivity index is 2.30. The highest BCUT2D eigenvalue weighted by Gasteiger charge is 2.08. The van der Waals surface area contributed by atoms with Gasteiger partial charge in [0.25, 0.3) is 5.91 Å². The van der Waals surface area contributed by atoms with Crippen LogP contribution in [-0.2, 0) is 9.53 Å². The van der Waals surface area contributed by atoms with Gasteiger partial charge in [-0.1, -0.05) is 12.1 Å². The molecular weight excluding hydrogens is 347 g/mol. The predicted molar refractivity (Wildman–Crippen MR) is 76.4 cm³/mol. The van der Waals surface area contributed by atoms with Crippen LogP contribution in [0.2, 0.25) is 0 Å². The third-order valence-electron chi connectivity index (χ3n) is 2.13. The molecule has 1 rings (SSSR count). The van der Waals surface area contributed by atoms with Crippen molar-refractivity contribution in [2.75, 3.05) is 26.8 Å². The van der Waals surface area contributed by atoms with Gasteiger partial charge in [-0.3, -0.25) is 9.59 Å². The number of ether oxygens (including phenoxy) is 1. The second-order valence-corrected chi connectivity index (χ2v) is 4.68. The first-order valence-corrected chi connectivity index (χ1v) is 6.51. The summed E-state index contributed by atoms with van der Waals surface area (Å²) in [5, 5.41) is 5.36. The molecule has 0 aliphatic carbocycles. The lowest BCUT2D eigenvalue weighted by molar-refractivity contribution is -0.124. The number of amides is 2. The molecule has 2 amide bonds. The van der Waals surface area contributed by atoms with Crippen molar-refractivity contribution in [1.29, 1.82) is 0 Å². The third-order valence-corrected chi connectivity index (χ3v) is 3.07. The van der Waals surface area contributed by atoms with Crippen molar-refractivity contribution in [2.45, 2.75) is 0 Å². The largest absolute Gasteiger partial charge is 0.375 e. The Morgan fingerprint density at radius 2 is 1.89 bits per heavy atom. The predicted octanol–water partition coefficient (Wildman–Crippen LogP) is 0.784. The minimum absolute atomic E-state index is 0.0323. The third kappa shape index (κ3) is 5.01. The highest BCUT2D eigenvalue weighted by atomic mass is 127. The van der Waals surface area contributed by atoms with Gasteiger partial charge < -0.3 is 15.4 Å². The lowest BCUT2D eigenvalue weighted by atomic mass is 10.2. The normalized spacial score (nSPS) is 9.89. The zero-order valence-electron chi connectivity index (χ0n) is 10.0. The van der Waals surface area contributed by atoms with E-state index in [1.807, 2.05) is 18.2 Å². The number of hydrogen-bond donors (Lipinski definition) is 2. The number of halogens is 1. The molecule has 0 saturated heterocycles. The molecule has 98 valence electrons. The van der Waals surface area contributed by atoms with Crippen molar-refractivity contribution in [2.24, 2.45) is 0 Å². The summed E-state index contributed by atoms with van der Waals surface area (Å²) in [7, 11) is 1.46. The minimum Gasteiger partial charge on any atom is -0.375 e. The average molecular weight is 362 g/mol. The molecule has 0 aliphatic heterocycles. The molecule has 0 saturated carbocycles. The summed E-state index contributed by atoms with van der Waals surface area (Å²) < 4.78 is 5.57. The summed E-state index contributed by atoms with van der Waals surface area (Å²) >= 11 is 2.11. The molecule has 1 aromatic carbocycles. The highest BCUT2D eigenvalue weighted by Crippen LogP contribution is 2.10. The molecule has 5 nitrogen and oxygen atoms in total. The summed E-state index contributed by atoms with van der Waals surface area (Å²) in [5.74, 6) is -0.331. The van der Waals surface area contributed by atoms with Crippen molar-refractivity contribution in [3.05, 3.63) is 33.4 Å². The molecule has 6 heteroatoms. The van der Waals surface area contributed by atoms with E-state index in [2.05, 4.69) is 38.0 Å². The molecule has 1 aromatic rings. The second-order valence-electron chi connectivity index (χ2n) is 3.52. The zero-order valence-corrected chi connectivity index (χ0v) is 12.2. The number of hydrogen-bond acceptors (Lipinski definition) is 3. The van der Waals surface area contributed by atoms with Crippen LogP contribution in [0.1, 0.15) is 10.4 Å². The number of carbonyl (C=O) groups is 2. The Hall–Kier alpha value is -1.15. The smallest absolute Gasteiger partial charge is 0.252 e. The Kier molecular flexibility index (Phi) is 6.66.